The molecule has 0 fully saturated rings. The molecule has 10 heteroatoms. The summed E-state index contributed by atoms with van der Waals surface area (Å²) in [5.74, 6) is 0.685. The molecule has 0 saturated carbocycles. The lowest BCUT2D eigenvalue weighted by Gasteiger charge is -2.07. The first-order chi connectivity index (χ1) is 13.7. The third-order valence-corrected chi connectivity index (χ3v) is 6.24. The highest BCUT2D eigenvalue weighted by Crippen LogP contribution is 2.30. The summed E-state index contributed by atoms with van der Waals surface area (Å²) in [7, 11) is -3.45. The average Bonchev–Trinajstić information content (AvgIpc) is 3.03. The molecule has 1 N–H and O–H groups in total. The number of halogens is 1. The van der Waals surface area contributed by atoms with Crippen LogP contribution in [0.3, 0.4) is 0 Å². The van der Waals surface area contributed by atoms with Crippen LogP contribution in [0.2, 0.25) is 5.02 Å². The molecule has 3 rings (SSSR count). The number of aromatic nitrogens is 2. The lowest BCUT2D eigenvalue weighted by atomic mass is 10.2. The van der Waals surface area contributed by atoms with Crippen molar-refractivity contribution >= 4 is 44.4 Å². The minimum absolute atomic E-state index is 0.0335. The monoisotopic (exact) mass is 451 g/mol. The van der Waals surface area contributed by atoms with Gasteiger partial charge in [0.15, 0.2) is 21.4 Å². The molecule has 29 heavy (non-hydrogen) atoms. The topological polar surface area (TPSA) is 98.2 Å². The van der Waals surface area contributed by atoms with Gasteiger partial charge in [0.1, 0.15) is 0 Å². The Bertz CT molecular complexity index is 1160. The van der Waals surface area contributed by atoms with E-state index in [-0.39, 0.29) is 15.8 Å². The van der Waals surface area contributed by atoms with Crippen LogP contribution in [0.5, 0.6) is 5.75 Å². The molecule has 0 spiro atoms. The van der Waals surface area contributed by atoms with Gasteiger partial charge in [-0.15, -0.1) is 11.3 Å². The maximum absolute atomic E-state index is 12.7. The summed E-state index contributed by atoms with van der Waals surface area (Å²) in [4.78, 5) is 22.6. The van der Waals surface area contributed by atoms with E-state index in [9.17, 15) is 13.2 Å². The zero-order valence-electron chi connectivity index (χ0n) is 15.9. The number of carbonyl (C=O) groups is 1. The number of carbonyl (C=O) groups excluding carboxylic acids is 1. The van der Waals surface area contributed by atoms with Gasteiger partial charge in [0.05, 0.1) is 28.8 Å². The van der Waals surface area contributed by atoms with Gasteiger partial charge in [-0.05, 0) is 38.1 Å². The first kappa shape index (κ1) is 21.2. The second-order valence-corrected chi connectivity index (χ2v) is 9.87. The van der Waals surface area contributed by atoms with E-state index in [4.69, 9.17) is 16.3 Å². The number of aryl methyl sites for hydroxylation is 1. The minimum Gasteiger partial charge on any atom is -0.491 e. The third kappa shape index (κ3) is 5.11. The second-order valence-electron chi connectivity index (χ2n) is 6.16. The van der Waals surface area contributed by atoms with Crippen molar-refractivity contribution in [3.8, 4) is 17.1 Å². The number of ether oxygens (including phenoxy) is 1. The molecule has 1 amide bonds. The maximum Gasteiger partial charge on any atom is 0.265 e. The minimum atomic E-state index is -3.45. The van der Waals surface area contributed by atoms with Gasteiger partial charge in [-0.3, -0.25) is 4.79 Å². The molecule has 0 aliphatic carbocycles. The van der Waals surface area contributed by atoms with Crippen molar-refractivity contribution in [2.45, 2.75) is 18.7 Å². The van der Waals surface area contributed by atoms with Gasteiger partial charge < -0.3 is 10.1 Å². The largest absolute Gasteiger partial charge is 0.491 e. The Kier molecular flexibility index (Phi) is 6.21. The van der Waals surface area contributed by atoms with Crippen LogP contribution in [0.1, 0.15) is 21.5 Å². The first-order valence-electron chi connectivity index (χ1n) is 8.55. The van der Waals surface area contributed by atoms with Crippen LogP contribution < -0.4 is 10.1 Å². The van der Waals surface area contributed by atoms with Gasteiger partial charge >= 0.3 is 0 Å². The Hall–Kier alpha value is -2.49. The summed E-state index contributed by atoms with van der Waals surface area (Å²) in [5.41, 5.74) is 1.04. The van der Waals surface area contributed by atoms with Crippen LogP contribution in [0.4, 0.5) is 5.69 Å². The number of hydrogen-bond donors (Lipinski definition) is 1. The average molecular weight is 452 g/mol. The highest BCUT2D eigenvalue weighted by atomic mass is 35.5. The Morgan fingerprint density at radius 3 is 2.52 bits per heavy atom. The van der Waals surface area contributed by atoms with E-state index < -0.39 is 9.84 Å². The Balaban J connectivity index is 1.84. The smallest absolute Gasteiger partial charge is 0.265 e. The molecule has 0 unspecified atom stereocenters. The molecule has 2 aromatic heterocycles. The summed E-state index contributed by atoms with van der Waals surface area (Å²) < 4.78 is 28.9. The molecule has 152 valence electrons. The number of hydrogen-bond acceptors (Lipinski definition) is 7. The zero-order valence-corrected chi connectivity index (χ0v) is 18.3. The molecule has 2 heterocycles. The molecule has 3 aromatic rings. The molecular weight excluding hydrogens is 434 g/mol. The van der Waals surface area contributed by atoms with Gasteiger partial charge in [-0.1, -0.05) is 11.6 Å². The van der Waals surface area contributed by atoms with Crippen molar-refractivity contribution in [1.82, 2.24) is 9.97 Å². The van der Waals surface area contributed by atoms with Crippen molar-refractivity contribution in [2.24, 2.45) is 0 Å². The Morgan fingerprint density at radius 1 is 1.21 bits per heavy atom. The van der Waals surface area contributed by atoms with Crippen molar-refractivity contribution in [2.75, 3.05) is 18.2 Å². The standard InChI is InChI=1S/C19H18ClN3O4S2/c1-4-27-14-9-21-18(22-10-14)16-8-17(28-11(16)2)19(24)23-13-5-12(20)6-15(7-13)29(3,25)26/h5-10H,4H2,1-3H3,(H,23,24). The fourth-order valence-electron chi connectivity index (χ4n) is 2.55. The fourth-order valence-corrected chi connectivity index (χ4v) is 4.45. The molecule has 1 aromatic carbocycles. The number of amides is 1. The molecule has 0 aliphatic heterocycles. The highest BCUT2D eigenvalue weighted by molar-refractivity contribution is 7.90. The Morgan fingerprint density at radius 2 is 1.90 bits per heavy atom. The quantitative estimate of drug-likeness (QED) is 0.602. The van der Waals surface area contributed by atoms with E-state index in [1.165, 1.54) is 29.5 Å². The van der Waals surface area contributed by atoms with E-state index in [2.05, 4.69) is 15.3 Å². The normalized spacial score (nSPS) is 11.3. The molecule has 0 aliphatic rings. The number of rotatable bonds is 6. The number of anilines is 1. The highest BCUT2D eigenvalue weighted by Gasteiger charge is 2.17. The van der Waals surface area contributed by atoms with Gasteiger partial charge in [0.25, 0.3) is 5.91 Å². The van der Waals surface area contributed by atoms with Crippen LogP contribution >= 0.6 is 22.9 Å². The van der Waals surface area contributed by atoms with Crippen LogP contribution in [0, 0.1) is 6.92 Å². The van der Waals surface area contributed by atoms with Crippen molar-refractivity contribution in [3.63, 3.8) is 0 Å². The lowest BCUT2D eigenvalue weighted by molar-refractivity contribution is 0.103. The van der Waals surface area contributed by atoms with E-state index in [0.29, 0.717) is 28.7 Å². The maximum atomic E-state index is 12.7. The van der Waals surface area contributed by atoms with E-state index in [1.807, 2.05) is 13.8 Å². The second kappa shape index (κ2) is 8.48. The number of thiophene rings is 1. The van der Waals surface area contributed by atoms with Crippen molar-refractivity contribution in [3.05, 3.63) is 51.4 Å². The number of benzene rings is 1. The van der Waals surface area contributed by atoms with Gasteiger partial charge in [-0.25, -0.2) is 18.4 Å². The van der Waals surface area contributed by atoms with Crippen LogP contribution in [-0.2, 0) is 9.84 Å². The van der Waals surface area contributed by atoms with Gasteiger partial charge in [0, 0.05) is 27.4 Å². The summed E-state index contributed by atoms with van der Waals surface area (Å²) in [6.07, 6.45) is 4.25. The van der Waals surface area contributed by atoms with Crippen LogP contribution in [0.15, 0.2) is 41.6 Å². The molecule has 0 saturated heterocycles. The SMILES string of the molecule is CCOc1cnc(-c2cc(C(=O)Nc3cc(Cl)cc(S(C)(=O)=O)c3)sc2C)nc1. The van der Waals surface area contributed by atoms with E-state index in [0.717, 1.165) is 16.7 Å². The number of sulfone groups is 1. The number of nitrogens with one attached hydrogen (secondary N) is 1. The summed E-state index contributed by atoms with van der Waals surface area (Å²) >= 11 is 7.28. The lowest BCUT2D eigenvalue weighted by Crippen LogP contribution is -2.11. The fraction of sp³-hybridized carbons (Fsp3) is 0.211. The van der Waals surface area contributed by atoms with Crippen LogP contribution in [0.25, 0.3) is 11.4 Å². The van der Waals surface area contributed by atoms with E-state index in [1.54, 1.807) is 18.5 Å². The summed E-state index contributed by atoms with van der Waals surface area (Å²) in [5, 5.41) is 2.91. The van der Waals surface area contributed by atoms with E-state index >= 15 is 0 Å². The predicted octanol–water partition coefficient (Wildman–Crippen LogP) is 4.22. The van der Waals surface area contributed by atoms with Crippen molar-refractivity contribution in [1.29, 1.82) is 0 Å². The van der Waals surface area contributed by atoms with Crippen molar-refractivity contribution < 1.29 is 17.9 Å². The zero-order chi connectivity index (χ0) is 21.2. The molecular formula is C19H18ClN3O4S2. The van der Waals surface area contributed by atoms with Gasteiger partial charge in [0.2, 0.25) is 0 Å². The van der Waals surface area contributed by atoms with Crippen LogP contribution in [-0.4, -0.2) is 37.2 Å². The molecule has 0 radical (unpaired) electrons. The summed E-state index contributed by atoms with van der Waals surface area (Å²) in [6.45, 7) is 4.27. The first-order valence-corrected chi connectivity index (χ1v) is 11.6. The number of nitrogens with zero attached hydrogens (tertiary/aromatic N) is 2. The predicted molar refractivity (Wildman–Crippen MR) is 114 cm³/mol. The molecule has 0 atom stereocenters. The third-order valence-electron chi connectivity index (χ3n) is 3.88. The van der Waals surface area contributed by atoms with Gasteiger partial charge in [-0.2, -0.15) is 0 Å². The molecule has 7 nitrogen and oxygen atoms in total. The summed E-state index contributed by atoms with van der Waals surface area (Å²) in [6, 6.07) is 5.90. The Labute approximate surface area is 177 Å². The molecule has 0 bridgehead atoms.